The van der Waals surface area contributed by atoms with Crippen LogP contribution < -0.4 is 11.1 Å². The number of nitrogen functional groups attached to an aromatic ring is 1. The van der Waals surface area contributed by atoms with E-state index in [-0.39, 0.29) is 11.6 Å². The number of rotatable bonds is 7. The second-order valence-corrected chi connectivity index (χ2v) is 5.62. The van der Waals surface area contributed by atoms with Crippen molar-refractivity contribution in [3.05, 3.63) is 24.0 Å². The van der Waals surface area contributed by atoms with Crippen molar-refractivity contribution in [3.8, 4) is 0 Å². The molecule has 5 heteroatoms. The van der Waals surface area contributed by atoms with E-state index in [1.165, 1.54) is 43.9 Å². The molecule has 0 bridgehead atoms. The Kier molecular flexibility index (Phi) is 5.99. The normalized spacial score (nSPS) is 15.3. The van der Waals surface area contributed by atoms with Crippen molar-refractivity contribution >= 4 is 17.3 Å². The van der Waals surface area contributed by atoms with Crippen molar-refractivity contribution in [1.29, 1.82) is 0 Å². The number of hydrogen-bond donors (Lipinski definition) is 2. The first-order valence-electron chi connectivity index (χ1n) is 7.58. The van der Waals surface area contributed by atoms with E-state index in [0.29, 0.717) is 31.1 Å². The predicted octanol–water partition coefficient (Wildman–Crippen LogP) is 3.33. The minimum atomic E-state index is -0.477. The number of nitrogens with one attached hydrogen (secondary N) is 1. The van der Waals surface area contributed by atoms with Crippen molar-refractivity contribution in [2.75, 3.05) is 24.3 Å². The summed E-state index contributed by atoms with van der Waals surface area (Å²) in [5.74, 6) is -0.000726. The van der Waals surface area contributed by atoms with Gasteiger partial charge in [-0.15, -0.1) is 0 Å². The summed E-state index contributed by atoms with van der Waals surface area (Å²) in [7, 11) is 0. The highest BCUT2D eigenvalue weighted by atomic mass is 19.1. The van der Waals surface area contributed by atoms with Gasteiger partial charge in [-0.05, 0) is 43.4 Å². The van der Waals surface area contributed by atoms with Gasteiger partial charge in [0, 0.05) is 25.3 Å². The van der Waals surface area contributed by atoms with E-state index in [9.17, 15) is 9.18 Å². The Morgan fingerprint density at radius 3 is 2.90 bits per heavy atom. The predicted molar refractivity (Wildman–Crippen MR) is 81.5 cm³/mol. The Morgan fingerprint density at radius 1 is 1.38 bits per heavy atom. The Hall–Kier alpha value is -1.62. The van der Waals surface area contributed by atoms with Gasteiger partial charge >= 0.3 is 0 Å². The Morgan fingerprint density at radius 2 is 2.14 bits per heavy atom. The number of nitrogens with two attached hydrogens (primary N) is 1. The van der Waals surface area contributed by atoms with E-state index < -0.39 is 5.82 Å². The van der Waals surface area contributed by atoms with E-state index in [0.717, 1.165) is 6.61 Å². The van der Waals surface area contributed by atoms with Crippen molar-refractivity contribution in [3.63, 3.8) is 0 Å². The van der Waals surface area contributed by atoms with Gasteiger partial charge in [-0.1, -0.05) is 12.8 Å². The highest BCUT2D eigenvalue weighted by molar-refractivity contribution is 5.91. The van der Waals surface area contributed by atoms with Gasteiger partial charge < -0.3 is 15.8 Å². The van der Waals surface area contributed by atoms with Gasteiger partial charge in [0.05, 0.1) is 5.69 Å². The van der Waals surface area contributed by atoms with Crippen LogP contribution in [0.25, 0.3) is 0 Å². The van der Waals surface area contributed by atoms with Crippen LogP contribution in [-0.4, -0.2) is 19.1 Å². The largest absolute Gasteiger partial charge is 0.399 e. The van der Waals surface area contributed by atoms with Crippen LogP contribution in [0.15, 0.2) is 18.2 Å². The van der Waals surface area contributed by atoms with Crippen LogP contribution in [0.5, 0.6) is 0 Å². The van der Waals surface area contributed by atoms with Crippen molar-refractivity contribution in [2.45, 2.75) is 38.5 Å². The van der Waals surface area contributed by atoms with Gasteiger partial charge in [-0.3, -0.25) is 4.79 Å². The lowest BCUT2D eigenvalue weighted by Gasteiger charge is -2.10. The molecule has 0 saturated heterocycles. The molecule has 1 saturated carbocycles. The van der Waals surface area contributed by atoms with Crippen molar-refractivity contribution in [2.24, 2.45) is 5.92 Å². The molecule has 0 radical (unpaired) electrons. The molecule has 1 aromatic carbocycles. The molecular weight excluding hydrogens is 271 g/mol. The molecule has 1 aromatic rings. The highest BCUT2D eigenvalue weighted by Gasteiger charge is 2.14. The summed E-state index contributed by atoms with van der Waals surface area (Å²) in [6.45, 7) is 1.37. The monoisotopic (exact) mass is 294 g/mol. The molecule has 116 valence electrons. The molecular formula is C16H23FN2O2. The maximum absolute atomic E-state index is 13.5. The summed E-state index contributed by atoms with van der Waals surface area (Å²) in [4.78, 5) is 11.7. The Labute approximate surface area is 124 Å². The number of anilines is 2. The molecule has 0 spiro atoms. The number of ether oxygens (including phenoxy) is 1. The molecule has 0 heterocycles. The SMILES string of the molecule is Nc1ccc(F)c(NC(=O)CCCOCC2CCCC2)c1. The molecule has 2 rings (SSSR count). The number of amides is 1. The molecule has 1 fully saturated rings. The Bertz CT molecular complexity index is 473. The highest BCUT2D eigenvalue weighted by Crippen LogP contribution is 2.24. The van der Waals surface area contributed by atoms with Gasteiger partial charge in [-0.2, -0.15) is 0 Å². The average Bonchev–Trinajstić information content (AvgIpc) is 2.96. The van der Waals surface area contributed by atoms with Gasteiger partial charge in [-0.25, -0.2) is 4.39 Å². The molecule has 1 aliphatic carbocycles. The van der Waals surface area contributed by atoms with Crippen LogP contribution in [0.4, 0.5) is 15.8 Å². The molecule has 1 aliphatic rings. The second-order valence-electron chi connectivity index (χ2n) is 5.62. The zero-order valence-electron chi connectivity index (χ0n) is 12.2. The number of carbonyl (C=O) groups is 1. The maximum atomic E-state index is 13.5. The van der Waals surface area contributed by atoms with Crippen molar-refractivity contribution in [1.82, 2.24) is 0 Å². The summed E-state index contributed by atoms with van der Waals surface area (Å²) in [5, 5.41) is 2.53. The quantitative estimate of drug-likeness (QED) is 0.599. The van der Waals surface area contributed by atoms with Crippen LogP contribution >= 0.6 is 0 Å². The van der Waals surface area contributed by atoms with E-state index in [4.69, 9.17) is 10.5 Å². The zero-order chi connectivity index (χ0) is 15.1. The maximum Gasteiger partial charge on any atom is 0.224 e. The van der Waals surface area contributed by atoms with Crippen molar-refractivity contribution < 1.29 is 13.9 Å². The van der Waals surface area contributed by atoms with Gasteiger partial charge in [0.1, 0.15) is 5.82 Å². The first kappa shape index (κ1) is 15.8. The first-order chi connectivity index (χ1) is 10.1. The zero-order valence-corrected chi connectivity index (χ0v) is 12.2. The van der Waals surface area contributed by atoms with Gasteiger partial charge in [0.25, 0.3) is 0 Å². The lowest BCUT2D eigenvalue weighted by Crippen LogP contribution is -2.14. The summed E-state index contributed by atoms with van der Waals surface area (Å²) < 4.78 is 19.0. The number of carbonyl (C=O) groups excluding carboxylic acids is 1. The summed E-state index contributed by atoms with van der Waals surface area (Å²) >= 11 is 0. The number of hydrogen-bond acceptors (Lipinski definition) is 3. The second kappa shape index (κ2) is 7.98. The van der Waals surface area contributed by atoms with E-state index in [1.54, 1.807) is 0 Å². The standard InChI is InChI=1S/C16H23FN2O2/c17-14-8-7-13(18)10-15(14)19-16(20)6-3-9-21-11-12-4-1-2-5-12/h7-8,10,12H,1-6,9,11,18H2,(H,19,20). The third-order valence-electron chi connectivity index (χ3n) is 3.79. The number of halogens is 1. The molecule has 0 atom stereocenters. The van der Waals surface area contributed by atoms with E-state index in [1.807, 2.05) is 0 Å². The summed E-state index contributed by atoms with van der Waals surface area (Å²) in [6, 6.07) is 4.13. The summed E-state index contributed by atoms with van der Waals surface area (Å²) in [6.07, 6.45) is 6.09. The van der Waals surface area contributed by atoms with Crippen LogP contribution in [0.3, 0.4) is 0 Å². The minimum Gasteiger partial charge on any atom is -0.399 e. The lowest BCUT2D eigenvalue weighted by molar-refractivity contribution is -0.116. The molecule has 0 aliphatic heterocycles. The molecule has 0 unspecified atom stereocenters. The fourth-order valence-corrected chi connectivity index (χ4v) is 2.61. The molecule has 1 amide bonds. The average molecular weight is 294 g/mol. The smallest absolute Gasteiger partial charge is 0.224 e. The van der Waals surface area contributed by atoms with Gasteiger partial charge in [0.2, 0.25) is 5.91 Å². The molecule has 3 N–H and O–H groups in total. The topological polar surface area (TPSA) is 64.3 Å². The first-order valence-corrected chi connectivity index (χ1v) is 7.58. The van der Waals surface area contributed by atoms with Gasteiger partial charge in [0.15, 0.2) is 0 Å². The number of benzene rings is 1. The Balaban J connectivity index is 1.62. The lowest BCUT2D eigenvalue weighted by atomic mass is 10.1. The molecule has 4 nitrogen and oxygen atoms in total. The summed E-state index contributed by atoms with van der Waals surface area (Å²) in [5.41, 5.74) is 6.12. The fraction of sp³-hybridized carbons (Fsp3) is 0.562. The minimum absolute atomic E-state index is 0.131. The van der Waals surface area contributed by atoms with E-state index >= 15 is 0 Å². The van der Waals surface area contributed by atoms with Crippen LogP contribution in [0.1, 0.15) is 38.5 Å². The third kappa shape index (κ3) is 5.34. The van der Waals surface area contributed by atoms with E-state index in [2.05, 4.69) is 5.32 Å². The van der Waals surface area contributed by atoms with Crippen LogP contribution in [0, 0.1) is 11.7 Å². The molecule has 0 aromatic heterocycles. The fourth-order valence-electron chi connectivity index (χ4n) is 2.61. The third-order valence-corrected chi connectivity index (χ3v) is 3.79. The molecule has 21 heavy (non-hydrogen) atoms. The van der Waals surface area contributed by atoms with Crippen LogP contribution in [-0.2, 0) is 9.53 Å². The van der Waals surface area contributed by atoms with Crippen LogP contribution in [0.2, 0.25) is 0 Å².